The first kappa shape index (κ1) is 21.3. The van der Waals surface area contributed by atoms with Crippen LogP contribution in [0.1, 0.15) is 45.1 Å². The van der Waals surface area contributed by atoms with Crippen LogP contribution < -0.4 is 4.90 Å². The maximum absolute atomic E-state index is 13.1. The Morgan fingerprint density at radius 3 is 2.10 bits per heavy atom. The number of carbonyl (C=O) groups excluding carboxylic acids is 2. The fourth-order valence-corrected chi connectivity index (χ4v) is 4.34. The third-order valence-electron chi connectivity index (χ3n) is 6.05. The number of para-hydroxylation sites is 1. The van der Waals surface area contributed by atoms with E-state index in [4.69, 9.17) is 0 Å². The number of ketones is 1. The Hall–Kier alpha value is -2.46. The average molecular weight is 393 g/mol. The van der Waals surface area contributed by atoms with Crippen LogP contribution in [0.15, 0.2) is 60.7 Å². The fourth-order valence-electron chi connectivity index (χ4n) is 4.34. The Balaban J connectivity index is 1.76. The Morgan fingerprint density at radius 1 is 0.966 bits per heavy atom. The van der Waals surface area contributed by atoms with Crippen LogP contribution in [-0.2, 0) is 16.0 Å². The number of rotatable bonds is 8. The molecular formula is C25H32N2O2. The highest BCUT2D eigenvalue weighted by atomic mass is 16.2. The van der Waals surface area contributed by atoms with E-state index in [-0.39, 0.29) is 11.7 Å². The topological polar surface area (TPSA) is 40.6 Å². The van der Waals surface area contributed by atoms with Crippen LogP contribution in [0.3, 0.4) is 0 Å². The average Bonchev–Trinajstić information content (AvgIpc) is 2.75. The lowest BCUT2D eigenvalue weighted by atomic mass is 9.81. The summed E-state index contributed by atoms with van der Waals surface area (Å²) in [6.45, 7) is 6.29. The van der Waals surface area contributed by atoms with Crippen molar-refractivity contribution in [2.24, 2.45) is 0 Å². The lowest BCUT2D eigenvalue weighted by molar-refractivity contribution is -0.129. The summed E-state index contributed by atoms with van der Waals surface area (Å²) in [7, 11) is 0. The summed E-state index contributed by atoms with van der Waals surface area (Å²) in [5, 5.41) is 0. The molecule has 0 saturated carbocycles. The minimum absolute atomic E-state index is 0.0478. The van der Waals surface area contributed by atoms with Gasteiger partial charge in [-0.2, -0.15) is 0 Å². The number of piperidine rings is 1. The van der Waals surface area contributed by atoms with Crippen molar-refractivity contribution >= 4 is 17.4 Å². The Morgan fingerprint density at radius 2 is 1.55 bits per heavy atom. The van der Waals surface area contributed by atoms with Crippen LogP contribution in [0, 0.1) is 0 Å². The van der Waals surface area contributed by atoms with Gasteiger partial charge in [-0.25, -0.2) is 0 Å². The van der Waals surface area contributed by atoms with Gasteiger partial charge in [-0.1, -0.05) is 55.5 Å². The van der Waals surface area contributed by atoms with E-state index in [1.807, 2.05) is 48.2 Å². The van der Waals surface area contributed by atoms with E-state index in [0.717, 1.165) is 38.2 Å². The number of anilines is 1. The lowest BCUT2D eigenvalue weighted by Crippen LogP contribution is -2.61. The van der Waals surface area contributed by atoms with Crippen LogP contribution in [0.2, 0.25) is 0 Å². The molecule has 0 bridgehead atoms. The van der Waals surface area contributed by atoms with Gasteiger partial charge in [0.15, 0.2) is 5.78 Å². The van der Waals surface area contributed by atoms with Crippen LogP contribution >= 0.6 is 0 Å². The van der Waals surface area contributed by atoms with Gasteiger partial charge in [0.25, 0.3) is 0 Å². The largest absolute Gasteiger partial charge is 0.303 e. The molecule has 0 radical (unpaired) electrons. The van der Waals surface area contributed by atoms with Crippen molar-refractivity contribution in [3.63, 3.8) is 0 Å². The smallest absolute Gasteiger partial charge is 0.227 e. The van der Waals surface area contributed by atoms with E-state index in [1.165, 1.54) is 5.56 Å². The zero-order chi connectivity index (χ0) is 20.7. The van der Waals surface area contributed by atoms with Gasteiger partial charge in [0.05, 0.1) is 0 Å². The van der Waals surface area contributed by atoms with Crippen molar-refractivity contribution in [3.8, 4) is 0 Å². The summed E-state index contributed by atoms with van der Waals surface area (Å²) in [4.78, 5) is 30.3. The summed E-state index contributed by atoms with van der Waals surface area (Å²) < 4.78 is 0. The minimum Gasteiger partial charge on any atom is -0.303 e. The van der Waals surface area contributed by atoms with Gasteiger partial charge in [-0.3, -0.25) is 14.5 Å². The molecule has 1 amide bonds. The first-order chi connectivity index (χ1) is 14.1. The number of hydrogen-bond acceptors (Lipinski definition) is 3. The normalized spacial score (nSPS) is 16.3. The van der Waals surface area contributed by atoms with Gasteiger partial charge in [0.1, 0.15) is 5.54 Å². The molecule has 2 aromatic carbocycles. The third kappa shape index (κ3) is 4.94. The summed E-state index contributed by atoms with van der Waals surface area (Å²) in [5.41, 5.74) is 1.43. The third-order valence-corrected chi connectivity index (χ3v) is 6.05. The molecule has 1 aliphatic rings. The molecule has 0 aliphatic carbocycles. The molecule has 1 saturated heterocycles. The molecule has 0 spiro atoms. The van der Waals surface area contributed by atoms with Gasteiger partial charge in [-0.05, 0) is 50.3 Å². The van der Waals surface area contributed by atoms with Crippen LogP contribution in [-0.4, -0.2) is 41.8 Å². The monoisotopic (exact) mass is 392 g/mol. The summed E-state index contributed by atoms with van der Waals surface area (Å²) in [6, 6.07) is 20.2. The van der Waals surface area contributed by atoms with E-state index >= 15 is 0 Å². The van der Waals surface area contributed by atoms with E-state index in [0.29, 0.717) is 19.3 Å². The zero-order valence-corrected chi connectivity index (χ0v) is 17.6. The molecule has 154 valence electrons. The number of likely N-dealkylation sites (tertiary alicyclic amines) is 1. The number of carbonyl (C=O) groups is 2. The summed E-state index contributed by atoms with van der Waals surface area (Å²) in [5.74, 6) is 0.139. The molecule has 0 aromatic heterocycles. The predicted molar refractivity (Wildman–Crippen MR) is 118 cm³/mol. The second-order valence-corrected chi connectivity index (χ2v) is 7.98. The number of benzene rings is 2. The molecule has 3 rings (SSSR count). The quantitative estimate of drug-likeness (QED) is 0.665. The molecule has 1 heterocycles. The highest BCUT2D eigenvalue weighted by Crippen LogP contribution is 2.35. The van der Waals surface area contributed by atoms with Gasteiger partial charge >= 0.3 is 0 Å². The van der Waals surface area contributed by atoms with Gasteiger partial charge in [-0.15, -0.1) is 0 Å². The Labute approximate surface area is 174 Å². The van der Waals surface area contributed by atoms with Crippen LogP contribution in [0.4, 0.5) is 5.69 Å². The second kappa shape index (κ2) is 9.84. The molecule has 4 nitrogen and oxygen atoms in total. The van der Waals surface area contributed by atoms with E-state index < -0.39 is 5.54 Å². The van der Waals surface area contributed by atoms with Gasteiger partial charge < -0.3 is 4.90 Å². The molecule has 29 heavy (non-hydrogen) atoms. The van der Waals surface area contributed by atoms with E-state index in [2.05, 4.69) is 29.2 Å². The van der Waals surface area contributed by atoms with Crippen molar-refractivity contribution in [2.75, 3.05) is 24.5 Å². The lowest BCUT2D eigenvalue weighted by Gasteiger charge is -2.47. The number of Topliss-reactive ketones (excluding diaryl/α,β-unsaturated/α-hetero) is 1. The number of amides is 1. The van der Waals surface area contributed by atoms with Crippen LogP contribution in [0.25, 0.3) is 0 Å². The van der Waals surface area contributed by atoms with Crippen molar-refractivity contribution in [1.29, 1.82) is 0 Å². The highest BCUT2D eigenvalue weighted by molar-refractivity contribution is 6.03. The summed E-state index contributed by atoms with van der Waals surface area (Å²) in [6.07, 6.45) is 3.61. The standard InChI is InChI=1S/C25H32N2O2/c1-3-10-24(29)27(23-13-8-5-9-14-23)25(21(2)28)16-19-26(20-17-25)18-15-22-11-6-4-7-12-22/h4-9,11-14H,3,10,15-20H2,1-2H3. The fraction of sp³-hybridized carbons (Fsp3) is 0.440. The Bertz CT molecular complexity index is 796. The summed E-state index contributed by atoms with van der Waals surface area (Å²) >= 11 is 0. The zero-order valence-electron chi connectivity index (χ0n) is 17.6. The predicted octanol–water partition coefficient (Wildman–Crippen LogP) is 4.49. The molecule has 1 fully saturated rings. The first-order valence-corrected chi connectivity index (χ1v) is 10.7. The van der Waals surface area contributed by atoms with Gasteiger partial charge in [0, 0.05) is 31.7 Å². The molecule has 4 heteroatoms. The molecular weight excluding hydrogens is 360 g/mol. The van der Waals surface area contributed by atoms with Crippen molar-refractivity contribution in [3.05, 3.63) is 66.2 Å². The first-order valence-electron chi connectivity index (χ1n) is 10.7. The number of hydrogen-bond donors (Lipinski definition) is 0. The SMILES string of the molecule is CCCC(=O)N(c1ccccc1)C1(C(C)=O)CCN(CCc2ccccc2)CC1. The van der Waals surface area contributed by atoms with Gasteiger partial charge in [0.2, 0.25) is 5.91 Å². The molecule has 2 aromatic rings. The van der Waals surface area contributed by atoms with Crippen molar-refractivity contribution in [2.45, 2.75) is 51.5 Å². The molecule has 1 aliphatic heterocycles. The minimum atomic E-state index is -0.739. The molecule has 0 N–H and O–H groups in total. The maximum Gasteiger partial charge on any atom is 0.227 e. The van der Waals surface area contributed by atoms with Crippen molar-refractivity contribution < 1.29 is 9.59 Å². The molecule has 0 unspecified atom stereocenters. The van der Waals surface area contributed by atoms with E-state index in [9.17, 15) is 9.59 Å². The molecule has 0 atom stereocenters. The highest BCUT2D eigenvalue weighted by Gasteiger charge is 2.46. The second-order valence-electron chi connectivity index (χ2n) is 7.98. The van der Waals surface area contributed by atoms with Crippen molar-refractivity contribution in [1.82, 2.24) is 4.90 Å². The van der Waals surface area contributed by atoms with Crippen LogP contribution in [0.5, 0.6) is 0 Å². The maximum atomic E-state index is 13.1. The Kier molecular flexibility index (Phi) is 7.21. The van der Waals surface area contributed by atoms with E-state index in [1.54, 1.807) is 6.92 Å². The number of nitrogens with zero attached hydrogens (tertiary/aromatic N) is 2.